The zero-order chi connectivity index (χ0) is 21.8. The van der Waals surface area contributed by atoms with Gasteiger partial charge in [0, 0.05) is 28.2 Å². The highest BCUT2D eigenvalue weighted by Crippen LogP contribution is 2.23. The Labute approximate surface area is 176 Å². The van der Waals surface area contributed by atoms with Gasteiger partial charge < -0.3 is 9.30 Å². The third kappa shape index (κ3) is 4.33. The van der Waals surface area contributed by atoms with Crippen molar-refractivity contribution in [1.82, 2.24) is 9.99 Å². The third-order valence-electron chi connectivity index (χ3n) is 5.01. The van der Waals surface area contributed by atoms with Crippen molar-refractivity contribution in [3.63, 3.8) is 0 Å². The van der Waals surface area contributed by atoms with Crippen molar-refractivity contribution in [3.05, 3.63) is 87.7 Å². The second kappa shape index (κ2) is 8.78. The lowest BCUT2D eigenvalue weighted by molar-refractivity contribution is 0.0600. The number of benzene rings is 2. The van der Waals surface area contributed by atoms with Crippen LogP contribution in [-0.2, 0) is 4.74 Å². The van der Waals surface area contributed by atoms with E-state index in [0.29, 0.717) is 11.1 Å². The molecule has 0 unspecified atom stereocenters. The fourth-order valence-electron chi connectivity index (χ4n) is 3.37. The van der Waals surface area contributed by atoms with Gasteiger partial charge in [-0.25, -0.2) is 10.2 Å². The number of hydrazone groups is 1. The van der Waals surface area contributed by atoms with Crippen LogP contribution < -0.4 is 5.43 Å². The van der Waals surface area contributed by atoms with Gasteiger partial charge in [0.2, 0.25) is 0 Å². The smallest absolute Gasteiger partial charge is 0.337 e. The second-order valence-electron chi connectivity index (χ2n) is 7.22. The molecule has 0 aliphatic heterocycles. The van der Waals surface area contributed by atoms with Crippen LogP contribution in [0.3, 0.4) is 0 Å². The van der Waals surface area contributed by atoms with Crippen LogP contribution in [0.2, 0.25) is 0 Å². The molecule has 6 nitrogen and oxygen atoms in total. The molecule has 0 aliphatic carbocycles. The molecular weight excluding hydrogens is 378 g/mol. The summed E-state index contributed by atoms with van der Waals surface area (Å²) in [7, 11) is 1.37. The van der Waals surface area contributed by atoms with Crippen molar-refractivity contribution in [2.45, 2.75) is 27.7 Å². The molecule has 154 valence electrons. The normalized spacial score (nSPS) is 11.0. The minimum atomic E-state index is -0.359. The monoisotopic (exact) mass is 403 g/mol. The van der Waals surface area contributed by atoms with Crippen molar-refractivity contribution in [1.29, 1.82) is 0 Å². The van der Waals surface area contributed by atoms with Crippen LogP contribution in [0.1, 0.15) is 48.8 Å². The summed E-state index contributed by atoms with van der Waals surface area (Å²) in [5, 5.41) is 4.12. The number of methoxy groups -OCH3 is 1. The average Bonchev–Trinajstić information content (AvgIpc) is 3.01. The topological polar surface area (TPSA) is 72.7 Å². The number of aryl methyl sites for hydroxylation is 3. The standard InChI is InChI=1S/C24H25N3O3/c1-15-6-8-19(9-7-15)23(28)26-25-14-21-13-17(3)27(18(21)4)22-11-10-20(12-16(22)2)24(29)30-5/h6-14H,1-5H3,(H,26,28)/b25-14-. The van der Waals surface area contributed by atoms with Crippen LogP contribution in [0.5, 0.6) is 0 Å². The molecule has 30 heavy (non-hydrogen) atoms. The Hall–Kier alpha value is -3.67. The lowest BCUT2D eigenvalue weighted by atomic mass is 10.1. The van der Waals surface area contributed by atoms with Crippen LogP contribution in [0.25, 0.3) is 5.69 Å². The fourth-order valence-corrected chi connectivity index (χ4v) is 3.37. The van der Waals surface area contributed by atoms with E-state index < -0.39 is 0 Å². The Morgan fingerprint density at radius 2 is 1.63 bits per heavy atom. The number of nitrogens with zero attached hydrogens (tertiary/aromatic N) is 2. The number of nitrogens with one attached hydrogen (secondary N) is 1. The Morgan fingerprint density at radius 1 is 0.967 bits per heavy atom. The van der Waals surface area contributed by atoms with Gasteiger partial charge in [0.05, 0.1) is 18.9 Å². The molecule has 1 aromatic heterocycles. The molecule has 0 fully saturated rings. The summed E-state index contributed by atoms with van der Waals surface area (Å²) in [4.78, 5) is 24.0. The highest BCUT2D eigenvalue weighted by molar-refractivity contribution is 5.95. The van der Waals surface area contributed by atoms with Gasteiger partial charge in [0.25, 0.3) is 5.91 Å². The SMILES string of the molecule is COC(=O)c1ccc(-n2c(C)cc(/C=N\NC(=O)c3ccc(C)cc3)c2C)c(C)c1. The fraction of sp³-hybridized carbons (Fsp3) is 0.208. The first kappa shape index (κ1) is 21.0. The van der Waals surface area contributed by atoms with Gasteiger partial charge >= 0.3 is 5.97 Å². The number of hydrogen-bond acceptors (Lipinski definition) is 4. The summed E-state index contributed by atoms with van der Waals surface area (Å²) >= 11 is 0. The highest BCUT2D eigenvalue weighted by atomic mass is 16.5. The van der Waals surface area contributed by atoms with Gasteiger partial charge in [-0.05, 0) is 69.7 Å². The van der Waals surface area contributed by atoms with Crippen molar-refractivity contribution in [3.8, 4) is 5.69 Å². The molecule has 0 spiro atoms. The van der Waals surface area contributed by atoms with E-state index in [9.17, 15) is 9.59 Å². The molecule has 6 heteroatoms. The Kier molecular flexibility index (Phi) is 6.16. The van der Waals surface area contributed by atoms with Gasteiger partial charge in [-0.2, -0.15) is 5.10 Å². The van der Waals surface area contributed by atoms with E-state index in [2.05, 4.69) is 15.1 Å². The molecule has 0 saturated carbocycles. The maximum atomic E-state index is 12.2. The average molecular weight is 403 g/mol. The number of aromatic nitrogens is 1. The summed E-state index contributed by atoms with van der Waals surface area (Å²) < 4.78 is 6.89. The molecule has 0 saturated heterocycles. The van der Waals surface area contributed by atoms with Crippen LogP contribution >= 0.6 is 0 Å². The summed E-state index contributed by atoms with van der Waals surface area (Å²) in [6.07, 6.45) is 1.64. The zero-order valence-corrected chi connectivity index (χ0v) is 17.8. The van der Waals surface area contributed by atoms with E-state index in [-0.39, 0.29) is 11.9 Å². The van der Waals surface area contributed by atoms with Crippen LogP contribution in [0, 0.1) is 27.7 Å². The van der Waals surface area contributed by atoms with Crippen molar-refractivity contribution in [2.75, 3.05) is 7.11 Å². The molecule has 0 radical (unpaired) electrons. The van der Waals surface area contributed by atoms with Gasteiger partial charge in [0.1, 0.15) is 0 Å². The lowest BCUT2D eigenvalue weighted by Crippen LogP contribution is -2.17. The molecule has 3 rings (SSSR count). The summed E-state index contributed by atoms with van der Waals surface area (Å²) in [6, 6.07) is 14.8. The molecular formula is C24H25N3O3. The minimum absolute atomic E-state index is 0.255. The molecule has 1 amide bonds. The molecule has 3 aromatic rings. The molecule has 2 aromatic carbocycles. The van der Waals surface area contributed by atoms with E-state index >= 15 is 0 Å². The number of rotatable bonds is 5. The number of esters is 1. The van der Waals surface area contributed by atoms with Crippen molar-refractivity contribution in [2.24, 2.45) is 5.10 Å². The van der Waals surface area contributed by atoms with E-state index in [1.165, 1.54) is 7.11 Å². The van der Waals surface area contributed by atoms with E-state index in [1.54, 1.807) is 24.4 Å². The van der Waals surface area contributed by atoms with Gasteiger partial charge in [-0.15, -0.1) is 0 Å². The molecule has 0 bridgehead atoms. The first-order valence-electron chi connectivity index (χ1n) is 9.60. The maximum absolute atomic E-state index is 12.2. The third-order valence-corrected chi connectivity index (χ3v) is 5.01. The first-order valence-corrected chi connectivity index (χ1v) is 9.60. The van der Waals surface area contributed by atoms with Crippen LogP contribution in [0.15, 0.2) is 53.6 Å². The van der Waals surface area contributed by atoms with E-state index in [1.807, 2.05) is 58.0 Å². The van der Waals surface area contributed by atoms with Crippen LogP contribution in [-0.4, -0.2) is 29.8 Å². The highest BCUT2D eigenvalue weighted by Gasteiger charge is 2.14. The minimum Gasteiger partial charge on any atom is -0.465 e. The first-order chi connectivity index (χ1) is 14.3. The summed E-state index contributed by atoms with van der Waals surface area (Å²) in [6.45, 7) is 7.92. The van der Waals surface area contributed by atoms with Crippen molar-refractivity contribution >= 4 is 18.1 Å². The number of hydrogen-bond donors (Lipinski definition) is 1. The Bertz CT molecular complexity index is 1130. The van der Waals surface area contributed by atoms with Gasteiger partial charge in [-0.3, -0.25) is 4.79 Å². The molecule has 1 N–H and O–H groups in total. The van der Waals surface area contributed by atoms with Gasteiger partial charge in [0.15, 0.2) is 0 Å². The molecule has 1 heterocycles. The number of amides is 1. The Balaban J connectivity index is 1.82. The van der Waals surface area contributed by atoms with Gasteiger partial charge in [-0.1, -0.05) is 17.7 Å². The maximum Gasteiger partial charge on any atom is 0.337 e. The number of carbonyl (C=O) groups is 2. The Morgan fingerprint density at radius 3 is 2.27 bits per heavy atom. The number of carbonyl (C=O) groups excluding carboxylic acids is 2. The number of ether oxygens (including phenoxy) is 1. The van der Waals surface area contributed by atoms with E-state index in [4.69, 9.17) is 4.74 Å². The second-order valence-corrected chi connectivity index (χ2v) is 7.22. The lowest BCUT2D eigenvalue weighted by Gasteiger charge is -2.13. The molecule has 0 atom stereocenters. The summed E-state index contributed by atoms with van der Waals surface area (Å²) in [5.74, 6) is -0.614. The predicted octanol–water partition coefficient (Wildman–Crippen LogP) is 4.26. The quantitative estimate of drug-likeness (QED) is 0.393. The van der Waals surface area contributed by atoms with E-state index in [0.717, 1.165) is 33.8 Å². The zero-order valence-electron chi connectivity index (χ0n) is 17.8. The van der Waals surface area contributed by atoms with Crippen molar-refractivity contribution < 1.29 is 14.3 Å². The largest absolute Gasteiger partial charge is 0.465 e. The predicted molar refractivity (Wildman–Crippen MR) is 118 cm³/mol. The van der Waals surface area contributed by atoms with Crippen LogP contribution in [0.4, 0.5) is 0 Å². The summed E-state index contributed by atoms with van der Waals surface area (Å²) in [5.41, 5.74) is 9.57. The molecule has 0 aliphatic rings.